The fourth-order valence-corrected chi connectivity index (χ4v) is 3.61. The van der Waals surface area contributed by atoms with Gasteiger partial charge in [-0.25, -0.2) is 0 Å². The zero-order valence-electron chi connectivity index (χ0n) is 16.8. The van der Waals surface area contributed by atoms with Crippen molar-refractivity contribution in [2.45, 2.75) is 47.2 Å². The predicted octanol–water partition coefficient (Wildman–Crippen LogP) is 4.56. The van der Waals surface area contributed by atoms with Gasteiger partial charge in [-0.15, -0.1) is 11.3 Å². The number of thiophene rings is 1. The summed E-state index contributed by atoms with van der Waals surface area (Å²) < 4.78 is 0. The highest BCUT2D eigenvalue weighted by Gasteiger charge is 2.29. The van der Waals surface area contributed by atoms with Crippen LogP contribution in [-0.2, 0) is 22.7 Å². The molecule has 1 aromatic heterocycles. The Hall–Kier alpha value is -2.14. The first-order chi connectivity index (χ1) is 12.8. The number of nitrogens with zero attached hydrogens (tertiary/aromatic N) is 2. The van der Waals surface area contributed by atoms with Crippen LogP contribution in [0.5, 0.6) is 0 Å². The van der Waals surface area contributed by atoms with Gasteiger partial charge in [0.1, 0.15) is 0 Å². The van der Waals surface area contributed by atoms with E-state index in [-0.39, 0.29) is 18.4 Å². The molecule has 0 N–H and O–H groups in total. The Balaban J connectivity index is 2.16. The van der Waals surface area contributed by atoms with Gasteiger partial charge in [-0.2, -0.15) is 0 Å². The van der Waals surface area contributed by atoms with E-state index in [1.165, 1.54) is 0 Å². The van der Waals surface area contributed by atoms with Gasteiger partial charge in [-0.05, 0) is 23.4 Å². The van der Waals surface area contributed by atoms with Crippen molar-refractivity contribution in [2.75, 3.05) is 13.1 Å². The summed E-state index contributed by atoms with van der Waals surface area (Å²) in [6.45, 7) is 9.56. The quantitative estimate of drug-likeness (QED) is 0.667. The van der Waals surface area contributed by atoms with Gasteiger partial charge in [0.2, 0.25) is 11.8 Å². The van der Waals surface area contributed by atoms with Gasteiger partial charge in [0.15, 0.2) is 0 Å². The molecule has 146 valence electrons. The summed E-state index contributed by atoms with van der Waals surface area (Å²) in [6.07, 6.45) is 0.832. The van der Waals surface area contributed by atoms with Gasteiger partial charge in [-0.1, -0.05) is 64.1 Å². The molecule has 5 heteroatoms. The third-order valence-corrected chi connectivity index (χ3v) is 5.11. The summed E-state index contributed by atoms with van der Waals surface area (Å²) in [5, 5.41) is 2.02. The van der Waals surface area contributed by atoms with Crippen LogP contribution in [0.15, 0.2) is 47.8 Å². The molecule has 0 saturated heterocycles. The van der Waals surface area contributed by atoms with Gasteiger partial charge in [0.25, 0.3) is 0 Å². The second kappa shape index (κ2) is 9.70. The molecule has 27 heavy (non-hydrogen) atoms. The van der Waals surface area contributed by atoms with Crippen LogP contribution in [0.3, 0.4) is 0 Å². The Morgan fingerprint density at radius 3 is 2.22 bits per heavy atom. The lowest BCUT2D eigenvalue weighted by Crippen LogP contribution is -2.46. The van der Waals surface area contributed by atoms with Crippen molar-refractivity contribution in [1.82, 2.24) is 9.80 Å². The number of rotatable bonds is 8. The van der Waals surface area contributed by atoms with Crippen LogP contribution in [0.2, 0.25) is 0 Å². The number of carbonyl (C=O) groups is 2. The highest BCUT2D eigenvalue weighted by molar-refractivity contribution is 7.09. The molecule has 0 aliphatic heterocycles. The van der Waals surface area contributed by atoms with Crippen molar-refractivity contribution >= 4 is 23.2 Å². The third kappa shape index (κ3) is 6.51. The molecule has 1 heterocycles. The van der Waals surface area contributed by atoms with E-state index in [1.54, 1.807) is 16.2 Å². The lowest BCUT2D eigenvalue weighted by molar-refractivity contribution is -0.146. The second-order valence-electron chi connectivity index (χ2n) is 7.79. The van der Waals surface area contributed by atoms with E-state index in [0.717, 1.165) is 16.9 Å². The van der Waals surface area contributed by atoms with Crippen LogP contribution in [0, 0.1) is 5.41 Å². The molecule has 0 spiro atoms. The molecule has 0 fully saturated rings. The lowest BCUT2D eigenvalue weighted by Gasteiger charge is -2.31. The fraction of sp³-hybridized carbons (Fsp3) is 0.455. The Morgan fingerprint density at radius 2 is 1.67 bits per heavy atom. The normalized spacial score (nSPS) is 11.3. The standard InChI is InChI=1S/C22H30N2O2S/c1-5-13-23(21(26)22(2,3)4)17-20(25)24(16-19-12-9-14-27-19)15-18-10-7-6-8-11-18/h6-12,14H,5,13,15-17H2,1-4H3. The molecular weight excluding hydrogens is 356 g/mol. The Morgan fingerprint density at radius 1 is 0.963 bits per heavy atom. The topological polar surface area (TPSA) is 40.6 Å². The fourth-order valence-electron chi connectivity index (χ4n) is 2.89. The number of hydrogen-bond acceptors (Lipinski definition) is 3. The average Bonchev–Trinajstić information content (AvgIpc) is 3.13. The zero-order valence-corrected chi connectivity index (χ0v) is 17.6. The molecule has 2 amide bonds. The maximum atomic E-state index is 13.1. The van der Waals surface area contributed by atoms with Gasteiger partial charge < -0.3 is 9.80 Å². The SMILES string of the molecule is CCCN(CC(=O)N(Cc1ccccc1)Cc1cccs1)C(=O)C(C)(C)C. The minimum atomic E-state index is -0.493. The van der Waals surface area contributed by atoms with Crippen molar-refractivity contribution < 1.29 is 9.59 Å². The molecule has 0 aliphatic carbocycles. The Labute approximate surface area is 166 Å². The summed E-state index contributed by atoms with van der Waals surface area (Å²) >= 11 is 1.64. The molecule has 0 radical (unpaired) electrons. The van der Waals surface area contributed by atoms with Crippen LogP contribution in [0.4, 0.5) is 0 Å². The number of benzene rings is 1. The second-order valence-corrected chi connectivity index (χ2v) is 8.82. The minimum Gasteiger partial charge on any atom is -0.333 e. The molecule has 4 nitrogen and oxygen atoms in total. The van der Waals surface area contributed by atoms with Crippen LogP contribution in [0.1, 0.15) is 44.6 Å². The van der Waals surface area contributed by atoms with Gasteiger partial charge >= 0.3 is 0 Å². The molecular formula is C22H30N2O2S. The van der Waals surface area contributed by atoms with Crippen molar-refractivity contribution in [2.24, 2.45) is 5.41 Å². The summed E-state index contributed by atoms with van der Waals surface area (Å²) in [5.74, 6) is 0.00628. The van der Waals surface area contributed by atoms with E-state index in [2.05, 4.69) is 0 Å². The predicted molar refractivity (Wildman–Crippen MR) is 111 cm³/mol. The zero-order chi connectivity index (χ0) is 19.9. The molecule has 2 rings (SSSR count). The van der Waals surface area contributed by atoms with Gasteiger partial charge in [0, 0.05) is 23.4 Å². The first kappa shape index (κ1) is 21.2. The molecule has 2 aromatic rings. The van der Waals surface area contributed by atoms with Gasteiger partial charge in [0.05, 0.1) is 13.1 Å². The first-order valence-corrected chi connectivity index (χ1v) is 10.3. The maximum absolute atomic E-state index is 13.1. The van der Waals surface area contributed by atoms with E-state index in [9.17, 15) is 9.59 Å². The molecule has 1 aromatic carbocycles. The van der Waals surface area contributed by atoms with Crippen LogP contribution >= 0.6 is 11.3 Å². The van der Waals surface area contributed by atoms with E-state index in [4.69, 9.17) is 0 Å². The van der Waals surface area contributed by atoms with Crippen LogP contribution in [0.25, 0.3) is 0 Å². The summed E-state index contributed by atoms with van der Waals surface area (Å²) in [6, 6.07) is 14.0. The maximum Gasteiger partial charge on any atom is 0.242 e. The lowest BCUT2D eigenvalue weighted by atomic mass is 9.94. The van der Waals surface area contributed by atoms with E-state index in [1.807, 2.05) is 80.4 Å². The first-order valence-electron chi connectivity index (χ1n) is 9.44. The summed E-state index contributed by atoms with van der Waals surface area (Å²) in [4.78, 5) is 30.6. The van der Waals surface area contributed by atoms with Gasteiger partial charge in [-0.3, -0.25) is 9.59 Å². The number of amides is 2. The molecule has 0 saturated carbocycles. The molecule has 0 bridgehead atoms. The van der Waals surface area contributed by atoms with Crippen molar-refractivity contribution in [3.05, 3.63) is 58.3 Å². The monoisotopic (exact) mass is 386 g/mol. The van der Waals surface area contributed by atoms with Crippen molar-refractivity contribution in [1.29, 1.82) is 0 Å². The van der Waals surface area contributed by atoms with Crippen molar-refractivity contribution in [3.63, 3.8) is 0 Å². The summed E-state index contributed by atoms with van der Waals surface area (Å²) in [5.41, 5.74) is 0.597. The largest absolute Gasteiger partial charge is 0.333 e. The minimum absolute atomic E-state index is 0.0155. The number of hydrogen-bond donors (Lipinski definition) is 0. The van der Waals surface area contributed by atoms with E-state index >= 15 is 0 Å². The number of carbonyl (C=O) groups excluding carboxylic acids is 2. The van der Waals surface area contributed by atoms with Crippen LogP contribution < -0.4 is 0 Å². The van der Waals surface area contributed by atoms with Crippen LogP contribution in [-0.4, -0.2) is 34.7 Å². The Kier molecular flexibility index (Phi) is 7.60. The van der Waals surface area contributed by atoms with E-state index < -0.39 is 5.41 Å². The molecule has 0 unspecified atom stereocenters. The molecule has 0 atom stereocenters. The highest BCUT2D eigenvalue weighted by atomic mass is 32.1. The third-order valence-electron chi connectivity index (χ3n) is 4.24. The Bertz CT molecular complexity index is 721. The molecule has 0 aliphatic rings. The smallest absolute Gasteiger partial charge is 0.242 e. The summed E-state index contributed by atoms with van der Waals surface area (Å²) in [7, 11) is 0. The highest BCUT2D eigenvalue weighted by Crippen LogP contribution is 2.19. The van der Waals surface area contributed by atoms with E-state index in [0.29, 0.717) is 19.6 Å². The van der Waals surface area contributed by atoms with Crippen molar-refractivity contribution in [3.8, 4) is 0 Å². The average molecular weight is 387 g/mol.